The van der Waals surface area contributed by atoms with Gasteiger partial charge in [0.25, 0.3) is 5.56 Å². The number of esters is 1. The number of aromatic nitrogens is 2. The van der Waals surface area contributed by atoms with E-state index in [9.17, 15) is 14.7 Å². The molecule has 2 aromatic carbocycles. The maximum Gasteiger partial charge on any atom is 0.343 e. The first-order valence-corrected chi connectivity index (χ1v) is 11.6. The molecule has 0 radical (unpaired) electrons. The smallest absolute Gasteiger partial charge is 0.343 e. The van der Waals surface area contributed by atoms with Crippen LogP contribution in [0.25, 0.3) is 33.4 Å². The highest BCUT2D eigenvalue weighted by atomic mass is 35.5. The van der Waals surface area contributed by atoms with E-state index < -0.39 is 11.6 Å². The number of carbonyl (C=O) groups is 1. The molecule has 1 unspecified atom stereocenters. The summed E-state index contributed by atoms with van der Waals surface area (Å²) in [6, 6.07) is 14.8. The van der Waals surface area contributed by atoms with Gasteiger partial charge in [-0.3, -0.25) is 4.79 Å². The molecule has 2 aliphatic rings. The van der Waals surface area contributed by atoms with Crippen LogP contribution in [0.1, 0.15) is 35.6 Å². The van der Waals surface area contributed by atoms with E-state index >= 15 is 0 Å². The van der Waals surface area contributed by atoms with Crippen molar-refractivity contribution in [2.24, 2.45) is 0 Å². The van der Waals surface area contributed by atoms with Gasteiger partial charge in [-0.1, -0.05) is 36.7 Å². The van der Waals surface area contributed by atoms with E-state index in [0.29, 0.717) is 21.9 Å². The number of nitrogens with zero attached hydrogens (tertiary/aromatic N) is 2. The molecule has 4 heterocycles. The van der Waals surface area contributed by atoms with Crippen LogP contribution in [-0.2, 0) is 28.3 Å². The third kappa shape index (κ3) is 3.02. The lowest BCUT2D eigenvalue weighted by molar-refractivity contribution is -0.172. The maximum atomic E-state index is 13.6. The number of rotatable bonds is 3. The average molecular weight is 486 g/mol. The number of cyclic esters (lactones) is 1. The number of hydrogen-bond acceptors (Lipinski definition) is 6. The van der Waals surface area contributed by atoms with Gasteiger partial charge in [-0.15, -0.1) is 0 Å². The minimum Gasteiger partial charge on any atom is -0.458 e. The van der Waals surface area contributed by atoms with Crippen molar-refractivity contribution < 1.29 is 14.6 Å². The van der Waals surface area contributed by atoms with E-state index in [1.165, 1.54) is 6.21 Å². The van der Waals surface area contributed by atoms with Crippen molar-refractivity contribution in [3.8, 4) is 22.5 Å². The average Bonchev–Trinajstić information content (AvgIpc) is 3.24. The Hall–Kier alpha value is -3.81. The standard InChI is InChI=1S/C27H20ClN3O4/c1-2-27(34)20-10-22-24-18(12-31(22)25(32)19(20)13-35-26(27)33)23(15-4-6-16(28)7-5-15)17-9-14(11-29)3-8-21(17)30-24/h3-11,29,34H,2,12-13H2,1H3. The fraction of sp³-hybridized carbons (Fsp3) is 0.185. The molecule has 174 valence electrons. The van der Waals surface area contributed by atoms with Crippen LogP contribution in [0, 0.1) is 5.41 Å². The molecule has 2 aliphatic heterocycles. The fourth-order valence-electron chi connectivity index (χ4n) is 5.13. The lowest BCUT2D eigenvalue weighted by Gasteiger charge is -2.31. The van der Waals surface area contributed by atoms with E-state index in [1.54, 1.807) is 17.6 Å². The molecule has 0 aliphatic carbocycles. The van der Waals surface area contributed by atoms with Crippen molar-refractivity contribution in [3.63, 3.8) is 0 Å². The lowest BCUT2D eigenvalue weighted by atomic mass is 9.86. The van der Waals surface area contributed by atoms with Gasteiger partial charge in [-0.2, -0.15) is 0 Å². The van der Waals surface area contributed by atoms with Crippen molar-refractivity contribution >= 4 is 34.7 Å². The van der Waals surface area contributed by atoms with Gasteiger partial charge in [-0.25, -0.2) is 9.78 Å². The van der Waals surface area contributed by atoms with Gasteiger partial charge in [0.05, 0.1) is 29.0 Å². The van der Waals surface area contributed by atoms with Crippen molar-refractivity contribution in [1.82, 2.24) is 9.55 Å². The summed E-state index contributed by atoms with van der Waals surface area (Å²) in [6.07, 6.45) is 1.37. The van der Waals surface area contributed by atoms with Crippen LogP contribution in [0.3, 0.4) is 0 Å². The van der Waals surface area contributed by atoms with Crippen molar-refractivity contribution in [2.45, 2.75) is 32.1 Å². The number of halogens is 1. The number of ether oxygens (including phenoxy) is 1. The minimum atomic E-state index is -1.88. The second kappa shape index (κ2) is 7.60. The molecule has 2 N–H and O–H groups in total. The van der Waals surface area contributed by atoms with Crippen molar-refractivity contribution in [1.29, 1.82) is 5.41 Å². The summed E-state index contributed by atoms with van der Waals surface area (Å²) < 4.78 is 6.80. The van der Waals surface area contributed by atoms with Crippen LogP contribution < -0.4 is 5.56 Å². The van der Waals surface area contributed by atoms with Crippen molar-refractivity contribution in [2.75, 3.05) is 0 Å². The quantitative estimate of drug-likeness (QED) is 0.291. The molecule has 0 saturated heterocycles. The van der Waals surface area contributed by atoms with E-state index in [-0.39, 0.29) is 36.3 Å². The molecule has 4 aromatic rings. The molecule has 0 saturated carbocycles. The molecule has 1 atom stereocenters. The number of fused-ring (bicyclic) bond motifs is 5. The number of aliphatic hydroxyl groups is 1. The highest BCUT2D eigenvalue weighted by molar-refractivity contribution is 6.30. The summed E-state index contributed by atoms with van der Waals surface area (Å²) in [5, 5.41) is 20.3. The van der Waals surface area contributed by atoms with Gasteiger partial charge in [0.1, 0.15) is 6.61 Å². The minimum absolute atomic E-state index is 0.0855. The molecule has 0 bridgehead atoms. The van der Waals surface area contributed by atoms with E-state index in [1.807, 2.05) is 42.5 Å². The van der Waals surface area contributed by atoms with Crippen LogP contribution in [0.4, 0.5) is 0 Å². The number of hydrogen-bond donors (Lipinski definition) is 2. The zero-order valence-electron chi connectivity index (χ0n) is 18.8. The fourth-order valence-corrected chi connectivity index (χ4v) is 5.26. The molecule has 2 aromatic heterocycles. The third-order valence-electron chi connectivity index (χ3n) is 7.01. The summed E-state index contributed by atoms with van der Waals surface area (Å²) in [5.41, 5.74) is 3.70. The van der Waals surface area contributed by atoms with Gasteiger partial charge in [0.2, 0.25) is 0 Å². The second-order valence-electron chi connectivity index (χ2n) is 8.84. The molecule has 7 nitrogen and oxygen atoms in total. The molecular weight excluding hydrogens is 466 g/mol. The van der Waals surface area contributed by atoms with Gasteiger partial charge in [-0.05, 0) is 53.4 Å². The highest BCUT2D eigenvalue weighted by Crippen LogP contribution is 2.43. The van der Waals surface area contributed by atoms with Crippen LogP contribution in [0.5, 0.6) is 0 Å². The molecule has 0 amide bonds. The molecule has 35 heavy (non-hydrogen) atoms. The number of nitrogens with one attached hydrogen (secondary N) is 1. The first-order chi connectivity index (χ1) is 16.9. The Bertz CT molecular complexity index is 1640. The van der Waals surface area contributed by atoms with Gasteiger partial charge in [0.15, 0.2) is 5.60 Å². The largest absolute Gasteiger partial charge is 0.458 e. The Morgan fingerprint density at radius 2 is 1.94 bits per heavy atom. The Kier molecular flexibility index (Phi) is 4.71. The maximum absolute atomic E-state index is 13.6. The van der Waals surface area contributed by atoms with Crippen LogP contribution >= 0.6 is 11.6 Å². The number of pyridine rings is 2. The van der Waals surface area contributed by atoms with E-state index in [2.05, 4.69) is 0 Å². The zero-order valence-corrected chi connectivity index (χ0v) is 19.5. The summed E-state index contributed by atoms with van der Waals surface area (Å²) in [7, 11) is 0. The summed E-state index contributed by atoms with van der Waals surface area (Å²) in [4.78, 5) is 30.9. The Balaban J connectivity index is 1.69. The summed E-state index contributed by atoms with van der Waals surface area (Å²) >= 11 is 6.15. The third-order valence-corrected chi connectivity index (χ3v) is 7.26. The van der Waals surface area contributed by atoms with E-state index in [4.69, 9.17) is 26.7 Å². The van der Waals surface area contributed by atoms with Crippen LogP contribution in [0.15, 0.2) is 53.3 Å². The second-order valence-corrected chi connectivity index (χ2v) is 9.28. The first kappa shape index (κ1) is 21.7. The van der Waals surface area contributed by atoms with Gasteiger partial charge >= 0.3 is 5.97 Å². The van der Waals surface area contributed by atoms with E-state index in [0.717, 1.165) is 27.6 Å². The molecule has 0 spiro atoms. The van der Waals surface area contributed by atoms with Crippen LogP contribution in [0.2, 0.25) is 5.02 Å². The summed E-state index contributed by atoms with van der Waals surface area (Å²) in [5.74, 6) is -0.748. The molecule has 0 fully saturated rings. The molecule has 6 rings (SSSR count). The SMILES string of the molecule is CCC1(O)C(=O)OCc2c1cc1n(c2=O)Cc2c-1nc1ccc(C=N)cc1c2-c1ccc(Cl)cc1. The van der Waals surface area contributed by atoms with Crippen molar-refractivity contribution in [3.05, 3.63) is 86.2 Å². The normalized spacial score (nSPS) is 18.1. The monoisotopic (exact) mass is 485 g/mol. The first-order valence-electron chi connectivity index (χ1n) is 11.3. The van der Waals surface area contributed by atoms with Gasteiger partial charge < -0.3 is 19.8 Å². The highest BCUT2D eigenvalue weighted by Gasteiger charge is 2.45. The topological polar surface area (TPSA) is 105 Å². The Morgan fingerprint density at radius 1 is 1.17 bits per heavy atom. The molecule has 8 heteroatoms. The molecular formula is C27H20ClN3O4. The predicted molar refractivity (Wildman–Crippen MR) is 133 cm³/mol. The number of benzene rings is 2. The predicted octanol–water partition coefficient (Wildman–Crippen LogP) is 4.40. The summed E-state index contributed by atoms with van der Waals surface area (Å²) in [6.45, 7) is 1.79. The lowest BCUT2D eigenvalue weighted by Crippen LogP contribution is -2.44. The Morgan fingerprint density at radius 3 is 2.66 bits per heavy atom. The Labute approximate surface area is 205 Å². The van der Waals surface area contributed by atoms with Gasteiger partial charge in [0, 0.05) is 27.8 Å². The van der Waals surface area contributed by atoms with Crippen LogP contribution in [-0.4, -0.2) is 26.8 Å². The zero-order chi connectivity index (χ0) is 24.5. The number of carbonyl (C=O) groups excluding carboxylic acids is 1.